The van der Waals surface area contributed by atoms with E-state index in [2.05, 4.69) is 35.1 Å². The monoisotopic (exact) mass is 486 g/mol. The first-order valence-electron chi connectivity index (χ1n) is 12.6. The summed E-state index contributed by atoms with van der Waals surface area (Å²) in [4.78, 5) is 6.94. The highest BCUT2D eigenvalue weighted by molar-refractivity contribution is 5.61. The molecule has 6 heteroatoms. The van der Waals surface area contributed by atoms with Crippen molar-refractivity contribution in [3.63, 3.8) is 0 Å². The van der Waals surface area contributed by atoms with E-state index < -0.39 is 0 Å². The lowest BCUT2D eigenvalue weighted by molar-refractivity contribution is 0.0178. The Hall–Kier alpha value is -3.22. The van der Waals surface area contributed by atoms with Crippen LogP contribution in [0.1, 0.15) is 40.8 Å². The van der Waals surface area contributed by atoms with E-state index in [9.17, 15) is 4.39 Å². The molecular weight excluding hydrogens is 455 g/mol. The van der Waals surface area contributed by atoms with Crippen LogP contribution in [-0.2, 0) is 29.7 Å². The van der Waals surface area contributed by atoms with Gasteiger partial charge < -0.3 is 19.1 Å². The highest BCUT2D eigenvalue weighted by Gasteiger charge is 2.52. The first kappa shape index (κ1) is 23.2. The van der Waals surface area contributed by atoms with Crippen molar-refractivity contribution in [3.8, 4) is 11.5 Å². The van der Waals surface area contributed by atoms with Crippen molar-refractivity contribution in [2.45, 2.75) is 50.0 Å². The van der Waals surface area contributed by atoms with Gasteiger partial charge in [0.1, 0.15) is 11.9 Å². The molecule has 1 aromatic heterocycles. The molecule has 0 radical (unpaired) electrons. The predicted octanol–water partition coefficient (Wildman–Crippen LogP) is 5.20. The number of hydrogen-bond acceptors (Lipinski definition) is 5. The van der Waals surface area contributed by atoms with E-state index in [4.69, 9.17) is 14.2 Å². The first-order chi connectivity index (χ1) is 17.6. The Morgan fingerprint density at radius 1 is 1.17 bits per heavy atom. The molecule has 36 heavy (non-hydrogen) atoms. The van der Waals surface area contributed by atoms with E-state index in [0.29, 0.717) is 18.6 Å². The van der Waals surface area contributed by atoms with Gasteiger partial charge in [-0.15, -0.1) is 0 Å². The van der Waals surface area contributed by atoms with Gasteiger partial charge in [0.15, 0.2) is 11.5 Å². The molecule has 0 fully saturated rings. The summed E-state index contributed by atoms with van der Waals surface area (Å²) in [5.41, 5.74) is 4.97. The van der Waals surface area contributed by atoms with Crippen molar-refractivity contribution in [1.29, 1.82) is 0 Å². The van der Waals surface area contributed by atoms with Gasteiger partial charge in [-0.2, -0.15) is 0 Å². The van der Waals surface area contributed by atoms with Crippen molar-refractivity contribution in [2.75, 3.05) is 20.7 Å². The minimum atomic E-state index is -0.187. The molecule has 0 N–H and O–H groups in total. The third kappa shape index (κ3) is 4.08. The molecule has 186 valence electrons. The summed E-state index contributed by atoms with van der Waals surface area (Å²) in [5.74, 6) is 1.51. The van der Waals surface area contributed by atoms with Crippen LogP contribution in [0.2, 0.25) is 0 Å². The molecule has 3 aliphatic rings. The summed E-state index contributed by atoms with van der Waals surface area (Å²) in [6.45, 7) is 2.34. The van der Waals surface area contributed by atoms with Crippen LogP contribution in [0.4, 0.5) is 4.39 Å². The van der Waals surface area contributed by atoms with Crippen molar-refractivity contribution in [2.24, 2.45) is 0 Å². The number of pyridine rings is 1. The Kier molecular flexibility index (Phi) is 6.02. The summed E-state index contributed by atoms with van der Waals surface area (Å²) in [5, 5.41) is 0. The summed E-state index contributed by atoms with van der Waals surface area (Å²) < 4.78 is 32.5. The lowest BCUT2D eigenvalue weighted by atomic mass is 9.69. The number of methoxy groups -OCH3 is 1. The lowest BCUT2D eigenvalue weighted by Gasteiger charge is -2.37. The fraction of sp³-hybridized carbons (Fsp3) is 0.367. The summed E-state index contributed by atoms with van der Waals surface area (Å²) in [7, 11) is 3.88. The fourth-order valence-corrected chi connectivity index (χ4v) is 5.89. The van der Waals surface area contributed by atoms with Crippen molar-refractivity contribution < 1.29 is 18.6 Å². The number of aromatic nitrogens is 1. The second kappa shape index (κ2) is 9.34. The van der Waals surface area contributed by atoms with Crippen molar-refractivity contribution in [3.05, 3.63) is 101 Å². The number of nitrogens with zero attached hydrogens (tertiary/aromatic N) is 2. The zero-order chi connectivity index (χ0) is 24.7. The third-order valence-electron chi connectivity index (χ3n) is 7.81. The maximum Gasteiger partial charge on any atom is 0.166 e. The zero-order valence-corrected chi connectivity index (χ0v) is 20.7. The zero-order valence-electron chi connectivity index (χ0n) is 20.7. The smallest absolute Gasteiger partial charge is 0.166 e. The van der Waals surface area contributed by atoms with E-state index in [1.807, 2.05) is 36.5 Å². The number of rotatable bonds is 6. The summed E-state index contributed by atoms with van der Waals surface area (Å²) in [6, 6.07) is 15.0. The van der Waals surface area contributed by atoms with Gasteiger partial charge >= 0.3 is 0 Å². The van der Waals surface area contributed by atoms with Gasteiger partial charge in [0.05, 0.1) is 30.9 Å². The lowest BCUT2D eigenvalue weighted by Crippen LogP contribution is -2.43. The molecule has 0 unspecified atom stereocenters. The highest BCUT2D eigenvalue weighted by atomic mass is 19.1. The molecule has 2 aliphatic heterocycles. The quantitative estimate of drug-likeness (QED) is 0.448. The number of hydrogen-bond donors (Lipinski definition) is 0. The minimum Gasteiger partial charge on any atom is -0.493 e. The van der Waals surface area contributed by atoms with Crippen LogP contribution >= 0.6 is 0 Å². The molecule has 3 aromatic rings. The summed E-state index contributed by atoms with van der Waals surface area (Å²) >= 11 is 0. The minimum absolute atomic E-state index is 0.0140. The average molecular weight is 487 g/mol. The van der Waals surface area contributed by atoms with E-state index in [1.165, 1.54) is 17.2 Å². The molecule has 5 nitrogen and oxygen atoms in total. The molecule has 0 saturated heterocycles. The Morgan fingerprint density at radius 2 is 2.06 bits per heavy atom. The second-order valence-corrected chi connectivity index (χ2v) is 10.1. The van der Waals surface area contributed by atoms with Gasteiger partial charge in [0.2, 0.25) is 0 Å². The number of halogens is 1. The van der Waals surface area contributed by atoms with E-state index in [1.54, 1.807) is 13.2 Å². The molecule has 3 heterocycles. The number of benzene rings is 2. The van der Waals surface area contributed by atoms with Gasteiger partial charge in [-0.25, -0.2) is 4.39 Å². The van der Waals surface area contributed by atoms with Crippen LogP contribution < -0.4 is 9.47 Å². The van der Waals surface area contributed by atoms with E-state index in [-0.39, 0.29) is 23.4 Å². The highest BCUT2D eigenvalue weighted by Crippen LogP contribution is 2.55. The topological polar surface area (TPSA) is 43.8 Å². The van der Waals surface area contributed by atoms with Gasteiger partial charge in [0.25, 0.3) is 0 Å². The molecule has 1 aliphatic carbocycles. The normalized spacial score (nSPS) is 24.5. The molecule has 1 spiro atoms. The van der Waals surface area contributed by atoms with Crippen LogP contribution in [0.5, 0.6) is 11.5 Å². The van der Waals surface area contributed by atoms with Crippen molar-refractivity contribution in [1.82, 2.24) is 9.88 Å². The van der Waals surface area contributed by atoms with Crippen LogP contribution in [0, 0.1) is 5.82 Å². The number of ether oxygens (including phenoxy) is 3. The maximum absolute atomic E-state index is 14.0. The maximum atomic E-state index is 14.0. The van der Waals surface area contributed by atoms with Crippen molar-refractivity contribution >= 4 is 0 Å². The standard InChI is InChI=1S/C30H31FN2O3/c1-33-14-13-30-12-11-24(16-27(30)36-29-26(34-2)10-8-22(18-33)28(29)30)35-19-23-9-7-20(17-32-23)15-21-5-3-4-6-25(21)31/h3-12,17,24,27H,13-16,18-19H2,1-2H3/t24-,27-,30-/m0/s1. The van der Waals surface area contributed by atoms with Crippen LogP contribution in [0.15, 0.2) is 66.9 Å². The predicted molar refractivity (Wildman–Crippen MR) is 136 cm³/mol. The molecule has 0 amide bonds. The van der Waals surface area contributed by atoms with Gasteiger partial charge in [-0.3, -0.25) is 4.98 Å². The Balaban J connectivity index is 1.16. The molecular formula is C30H31FN2O3. The fourth-order valence-electron chi connectivity index (χ4n) is 5.89. The third-order valence-corrected chi connectivity index (χ3v) is 7.81. The molecule has 0 saturated carbocycles. The molecule has 2 aromatic carbocycles. The molecule has 6 rings (SSSR count). The Morgan fingerprint density at radius 3 is 2.86 bits per heavy atom. The van der Waals surface area contributed by atoms with Crippen LogP contribution in [0.25, 0.3) is 0 Å². The first-order valence-corrected chi connectivity index (χ1v) is 12.6. The molecule has 3 atom stereocenters. The van der Waals surface area contributed by atoms with Gasteiger partial charge in [-0.05, 0) is 54.9 Å². The second-order valence-electron chi connectivity index (χ2n) is 10.1. The largest absolute Gasteiger partial charge is 0.493 e. The van der Waals surface area contributed by atoms with E-state index in [0.717, 1.165) is 48.7 Å². The van der Waals surface area contributed by atoms with Crippen LogP contribution in [0.3, 0.4) is 0 Å². The average Bonchev–Trinajstić information content (AvgIpc) is 3.16. The van der Waals surface area contributed by atoms with Gasteiger partial charge in [-0.1, -0.05) is 42.5 Å². The van der Waals surface area contributed by atoms with Gasteiger partial charge in [0, 0.05) is 31.1 Å². The summed E-state index contributed by atoms with van der Waals surface area (Å²) in [6.07, 6.45) is 8.61. The SMILES string of the molecule is COc1ccc2c3c1O[C@H]1C[C@@H](OCc4ccc(Cc5ccccc5F)cn4)C=C[C@@]31CCN(C)C2. The van der Waals surface area contributed by atoms with E-state index >= 15 is 0 Å². The Labute approximate surface area is 211 Å². The van der Waals surface area contributed by atoms with Crippen LogP contribution in [-0.4, -0.2) is 42.8 Å². The Bertz CT molecular complexity index is 1290. The molecule has 0 bridgehead atoms.